The number of nitrogens with zero attached hydrogens (tertiary/aromatic N) is 1. The summed E-state index contributed by atoms with van der Waals surface area (Å²) >= 11 is 0. The summed E-state index contributed by atoms with van der Waals surface area (Å²) in [6.45, 7) is 4.39. The normalized spacial score (nSPS) is 13.6. The number of rotatable bonds is 5. The molecule has 7 heteroatoms. The van der Waals surface area contributed by atoms with Crippen LogP contribution in [-0.2, 0) is 16.0 Å². The van der Waals surface area contributed by atoms with Crippen LogP contribution < -0.4 is 15.5 Å². The fourth-order valence-corrected chi connectivity index (χ4v) is 3.40. The Balaban J connectivity index is 1.70. The number of esters is 1. The summed E-state index contributed by atoms with van der Waals surface area (Å²) in [6, 6.07) is 13.1. The summed E-state index contributed by atoms with van der Waals surface area (Å²) in [4.78, 5) is 39.1. The minimum absolute atomic E-state index is 0.0950. The maximum absolute atomic E-state index is 13.1. The summed E-state index contributed by atoms with van der Waals surface area (Å²) in [5.41, 5.74) is 2.80. The molecule has 1 aliphatic rings. The van der Waals surface area contributed by atoms with Crippen molar-refractivity contribution in [2.75, 3.05) is 23.9 Å². The van der Waals surface area contributed by atoms with Crippen molar-refractivity contribution in [3.8, 4) is 0 Å². The molecule has 3 amide bonds. The first-order valence-electron chi connectivity index (χ1n) is 9.56. The summed E-state index contributed by atoms with van der Waals surface area (Å²) in [7, 11) is 1.30. The topological polar surface area (TPSA) is 87.7 Å². The number of carbonyl (C=O) groups excluding carboxylic acids is 3. The van der Waals surface area contributed by atoms with Crippen LogP contribution in [0.5, 0.6) is 0 Å². The lowest BCUT2D eigenvalue weighted by atomic mass is 10.0. The van der Waals surface area contributed by atoms with Crippen LogP contribution in [0.25, 0.3) is 0 Å². The second kappa shape index (κ2) is 8.77. The fraction of sp³-hybridized carbons (Fsp3) is 0.318. The molecular formula is C22H25N3O4. The fourth-order valence-electron chi connectivity index (χ4n) is 3.40. The first kappa shape index (κ1) is 20.4. The number of carbonyl (C=O) groups is 3. The third kappa shape index (κ3) is 4.56. The maximum atomic E-state index is 13.1. The minimum Gasteiger partial charge on any atom is -0.465 e. The van der Waals surface area contributed by atoms with Crippen molar-refractivity contribution in [1.82, 2.24) is 5.32 Å². The van der Waals surface area contributed by atoms with E-state index in [1.165, 1.54) is 13.2 Å². The van der Waals surface area contributed by atoms with Crippen molar-refractivity contribution >= 4 is 29.3 Å². The van der Waals surface area contributed by atoms with Gasteiger partial charge in [0.25, 0.3) is 0 Å². The van der Waals surface area contributed by atoms with Gasteiger partial charge in [0.15, 0.2) is 0 Å². The van der Waals surface area contributed by atoms with E-state index in [-0.39, 0.29) is 11.8 Å². The van der Waals surface area contributed by atoms with E-state index in [4.69, 9.17) is 4.74 Å². The number of amides is 3. The molecule has 0 aliphatic carbocycles. The average Bonchev–Trinajstić information content (AvgIpc) is 3.15. The van der Waals surface area contributed by atoms with E-state index >= 15 is 0 Å². The van der Waals surface area contributed by atoms with Crippen molar-refractivity contribution in [3.05, 3.63) is 59.7 Å². The van der Waals surface area contributed by atoms with E-state index in [0.717, 1.165) is 17.7 Å². The van der Waals surface area contributed by atoms with E-state index < -0.39 is 18.0 Å². The number of ether oxygens (including phenoxy) is 1. The Labute approximate surface area is 170 Å². The number of methoxy groups -OCH3 is 1. The van der Waals surface area contributed by atoms with Crippen LogP contribution in [0.15, 0.2) is 48.5 Å². The Morgan fingerprint density at radius 2 is 1.83 bits per heavy atom. The quantitative estimate of drug-likeness (QED) is 0.761. The highest BCUT2D eigenvalue weighted by Gasteiger charge is 2.32. The number of fused-ring (bicyclic) bond motifs is 1. The Hall–Kier alpha value is -3.35. The highest BCUT2D eigenvalue weighted by molar-refractivity contribution is 6.02. The van der Waals surface area contributed by atoms with E-state index in [2.05, 4.69) is 10.6 Å². The van der Waals surface area contributed by atoms with E-state index in [9.17, 15) is 14.4 Å². The van der Waals surface area contributed by atoms with Gasteiger partial charge in [-0.1, -0.05) is 38.1 Å². The Kier molecular flexibility index (Phi) is 6.16. The highest BCUT2D eigenvalue weighted by atomic mass is 16.5. The maximum Gasteiger partial charge on any atom is 0.337 e. The van der Waals surface area contributed by atoms with Crippen molar-refractivity contribution in [3.63, 3.8) is 0 Å². The van der Waals surface area contributed by atoms with Crippen LogP contribution in [0.4, 0.5) is 16.2 Å². The molecule has 3 rings (SSSR count). The lowest BCUT2D eigenvalue weighted by Gasteiger charge is -2.27. The van der Waals surface area contributed by atoms with Gasteiger partial charge in [0.05, 0.1) is 12.7 Å². The largest absolute Gasteiger partial charge is 0.465 e. The van der Waals surface area contributed by atoms with Gasteiger partial charge < -0.3 is 20.3 Å². The molecular weight excluding hydrogens is 370 g/mol. The van der Waals surface area contributed by atoms with Gasteiger partial charge in [0.1, 0.15) is 6.04 Å². The van der Waals surface area contributed by atoms with Crippen molar-refractivity contribution < 1.29 is 19.1 Å². The standard InChI is InChI=1S/C22H25N3O4/c1-14(2)19(20(26)25-12-11-15-7-4-5-10-18(15)25)24-22(28)23-17-9-6-8-16(13-17)21(27)29-3/h4-10,13-14,19H,11-12H2,1-3H3,(H2,23,24,28)/t19-/m0/s1. The molecule has 7 nitrogen and oxygen atoms in total. The molecule has 1 aliphatic heterocycles. The first-order valence-corrected chi connectivity index (χ1v) is 9.56. The summed E-state index contributed by atoms with van der Waals surface area (Å²) in [6.07, 6.45) is 0.805. The van der Waals surface area contributed by atoms with Crippen LogP contribution >= 0.6 is 0 Å². The molecule has 152 valence electrons. The van der Waals surface area contributed by atoms with Crippen LogP contribution in [0.1, 0.15) is 29.8 Å². The zero-order chi connectivity index (χ0) is 21.0. The molecule has 0 fully saturated rings. The molecule has 1 atom stereocenters. The number of urea groups is 1. The predicted octanol–water partition coefficient (Wildman–Crippen LogP) is 3.21. The molecule has 2 aromatic carbocycles. The predicted molar refractivity (Wildman–Crippen MR) is 111 cm³/mol. The number of hydrogen-bond acceptors (Lipinski definition) is 4. The number of para-hydroxylation sites is 1. The molecule has 0 radical (unpaired) electrons. The summed E-state index contributed by atoms with van der Waals surface area (Å²) in [5.74, 6) is -0.720. The number of benzene rings is 2. The minimum atomic E-state index is -0.676. The molecule has 0 spiro atoms. The third-order valence-corrected chi connectivity index (χ3v) is 4.91. The Morgan fingerprint density at radius 1 is 1.07 bits per heavy atom. The van der Waals surface area contributed by atoms with Gasteiger partial charge in [-0.2, -0.15) is 0 Å². The number of hydrogen-bond donors (Lipinski definition) is 2. The lowest BCUT2D eigenvalue weighted by molar-refractivity contribution is -0.121. The smallest absolute Gasteiger partial charge is 0.337 e. The monoisotopic (exact) mass is 395 g/mol. The van der Waals surface area contributed by atoms with Gasteiger partial charge >= 0.3 is 12.0 Å². The lowest BCUT2D eigenvalue weighted by Crippen LogP contribution is -2.52. The highest BCUT2D eigenvalue weighted by Crippen LogP contribution is 2.28. The summed E-state index contributed by atoms with van der Waals surface area (Å²) in [5, 5.41) is 5.46. The molecule has 29 heavy (non-hydrogen) atoms. The van der Waals surface area contributed by atoms with E-state index in [0.29, 0.717) is 17.8 Å². The van der Waals surface area contributed by atoms with Crippen LogP contribution in [0.3, 0.4) is 0 Å². The van der Waals surface area contributed by atoms with E-state index in [1.807, 2.05) is 38.1 Å². The SMILES string of the molecule is COC(=O)c1cccc(NC(=O)N[C@H](C(=O)N2CCc3ccccc32)C(C)C)c1. The number of anilines is 2. The molecule has 0 unspecified atom stereocenters. The summed E-state index contributed by atoms with van der Waals surface area (Å²) < 4.78 is 4.69. The van der Waals surface area contributed by atoms with Crippen LogP contribution in [0, 0.1) is 5.92 Å². The van der Waals surface area contributed by atoms with Crippen LogP contribution in [-0.4, -0.2) is 37.6 Å². The second-order valence-electron chi connectivity index (χ2n) is 7.26. The number of nitrogens with one attached hydrogen (secondary N) is 2. The van der Waals surface area contributed by atoms with Gasteiger partial charge in [-0.05, 0) is 42.2 Å². The van der Waals surface area contributed by atoms with Crippen molar-refractivity contribution in [2.24, 2.45) is 5.92 Å². The molecule has 0 bridgehead atoms. The molecule has 1 heterocycles. The third-order valence-electron chi connectivity index (χ3n) is 4.91. The average molecular weight is 395 g/mol. The van der Waals surface area contributed by atoms with Gasteiger partial charge in [-0.3, -0.25) is 4.79 Å². The van der Waals surface area contributed by atoms with Crippen molar-refractivity contribution in [2.45, 2.75) is 26.3 Å². The Morgan fingerprint density at radius 3 is 2.55 bits per heavy atom. The zero-order valence-electron chi connectivity index (χ0n) is 16.8. The Bertz CT molecular complexity index is 926. The van der Waals surface area contributed by atoms with Gasteiger partial charge in [0, 0.05) is 17.9 Å². The van der Waals surface area contributed by atoms with Crippen molar-refractivity contribution in [1.29, 1.82) is 0 Å². The molecule has 2 aromatic rings. The molecule has 0 saturated heterocycles. The van der Waals surface area contributed by atoms with Gasteiger partial charge in [0.2, 0.25) is 5.91 Å². The van der Waals surface area contributed by atoms with Gasteiger partial charge in [-0.15, -0.1) is 0 Å². The first-order chi connectivity index (χ1) is 13.9. The van der Waals surface area contributed by atoms with Gasteiger partial charge in [-0.25, -0.2) is 9.59 Å². The molecule has 0 aromatic heterocycles. The molecule has 2 N–H and O–H groups in total. The van der Waals surface area contributed by atoms with Crippen LogP contribution in [0.2, 0.25) is 0 Å². The van der Waals surface area contributed by atoms with E-state index in [1.54, 1.807) is 23.1 Å². The second-order valence-corrected chi connectivity index (χ2v) is 7.26. The molecule has 0 saturated carbocycles. The zero-order valence-corrected chi connectivity index (χ0v) is 16.8.